The Hall–Kier alpha value is -2.58. The average Bonchev–Trinajstić information content (AvgIpc) is 2.95. The van der Waals surface area contributed by atoms with E-state index in [-0.39, 0.29) is 11.8 Å². The van der Waals surface area contributed by atoms with Crippen LogP contribution < -0.4 is 9.80 Å². The molecule has 0 aliphatic carbocycles. The van der Waals surface area contributed by atoms with E-state index in [2.05, 4.69) is 16.0 Å². The lowest BCUT2D eigenvalue weighted by Gasteiger charge is -2.35. The highest BCUT2D eigenvalue weighted by atomic mass is 35.5. The maximum atomic E-state index is 13.3. The van der Waals surface area contributed by atoms with Gasteiger partial charge in [0.1, 0.15) is 5.82 Å². The van der Waals surface area contributed by atoms with Gasteiger partial charge in [0.2, 0.25) is 5.91 Å². The quantitative estimate of drug-likeness (QED) is 0.766. The van der Waals surface area contributed by atoms with E-state index in [0.29, 0.717) is 5.56 Å². The van der Waals surface area contributed by atoms with Gasteiger partial charge in [-0.2, -0.15) is 5.26 Å². The highest BCUT2D eigenvalue weighted by molar-refractivity contribution is 6.30. The predicted octanol–water partition coefficient (Wildman–Crippen LogP) is 4.19. The van der Waals surface area contributed by atoms with E-state index in [4.69, 9.17) is 16.9 Å². The number of piperidine rings is 1. The molecule has 1 fully saturated rings. The lowest BCUT2D eigenvalue weighted by Crippen LogP contribution is -2.43. The third kappa shape index (κ3) is 3.83. The SMILES string of the molecule is N#Cc1ccnc(N2CCC(C(=O)N3CCCCc4cc(Cl)ccc43)CC2)c1. The number of pyridine rings is 1. The van der Waals surface area contributed by atoms with E-state index in [0.717, 1.165) is 68.3 Å². The van der Waals surface area contributed by atoms with Gasteiger partial charge < -0.3 is 9.80 Å². The molecule has 1 aromatic heterocycles. The number of carbonyl (C=O) groups is 1. The number of hydrogen-bond donors (Lipinski definition) is 0. The molecule has 1 aromatic carbocycles. The summed E-state index contributed by atoms with van der Waals surface area (Å²) in [7, 11) is 0. The lowest BCUT2D eigenvalue weighted by atomic mass is 9.94. The first-order valence-corrected chi connectivity index (χ1v) is 10.2. The Labute approximate surface area is 170 Å². The van der Waals surface area contributed by atoms with Crippen LogP contribution in [0, 0.1) is 17.2 Å². The van der Waals surface area contributed by atoms with Crippen LogP contribution >= 0.6 is 11.6 Å². The number of halogens is 1. The van der Waals surface area contributed by atoms with Crippen molar-refractivity contribution in [1.82, 2.24) is 4.98 Å². The third-order valence-electron chi connectivity index (χ3n) is 5.72. The van der Waals surface area contributed by atoms with Crippen molar-refractivity contribution in [2.24, 2.45) is 5.92 Å². The van der Waals surface area contributed by atoms with Crippen molar-refractivity contribution in [1.29, 1.82) is 5.26 Å². The second-order valence-corrected chi connectivity index (χ2v) is 7.93. The van der Waals surface area contributed by atoms with Gasteiger partial charge in [-0.3, -0.25) is 4.79 Å². The summed E-state index contributed by atoms with van der Waals surface area (Å²) >= 11 is 6.17. The minimum atomic E-state index is 0.0250. The Balaban J connectivity index is 1.46. The number of aryl methyl sites for hydroxylation is 1. The van der Waals surface area contributed by atoms with Gasteiger partial charge in [-0.1, -0.05) is 11.6 Å². The Morgan fingerprint density at radius 1 is 1.14 bits per heavy atom. The minimum Gasteiger partial charge on any atom is -0.357 e. The van der Waals surface area contributed by atoms with E-state index >= 15 is 0 Å². The molecular formula is C22H23ClN4O. The molecule has 1 amide bonds. The molecule has 2 aliphatic rings. The molecule has 4 rings (SSSR count). The molecule has 28 heavy (non-hydrogen) atoms. The first-order chi connectivity index (χ1) is 13.7. The number of carbonyl (C=O) groups excluding carboxylic acids is 1. The minimum absolute atomic E-state index is 0.0250. The fraction of sp³-hybridized carbons (Fsp3) is 0.409. The van der Waals surface area contributed by atoms with Crippen molar-refractivity contribution in [3.63, 3.8) is 0 Å². The fourth-order valence-electron chi connectivity index (χ4n) is 4.19. The molecule has 0 saturated carbocycles. The summed E-state index contributed by atoms with van der Waals surface area (Å²) in [6.45, 7) is 2.33. The molecule has 144 valence electrons. The highest BCUT2D eigenvalue weighted by Gasteiger charge is 2.31. The van der Waals surface area contributed by atoms with Gasteiger partial charge in [0, 0.05) is 42.5 Å². The van der Waals surface area contributed by atoms with Gasteiger partial charge in [0.15, 0.2) is 0 Å². The van der Waals surface area contributed by atoms with Crippen molar-refractivity contribution in [2.75, 3.05) is 29.4 Å². The van der Waals surface area contributed by atoms with Crippen molar-refractivity contribution in [2.45, 2.75) is 32.1 Å². The number of aromatic nitrogens is 1. The molecule has 0 N–H and O–H groups in total. The van der Waals surface area contributed by atoms with Gasteiger partial charge in [-0.15, -0.1) is 0 Å². The highest BCUT2D eigenvalue weighted by Crippen LogP contribution is 2.32. The van der Waals surface area contributed by atoms with Gasteiger partial charge in [0.05, 0.1) is 11.6 Å². The monoisotopic (exact) mass is 394 g/mol. The van der Waals surface area contributed by atoms with E-state index < -0.39 is 0 Å². The Morgan fingerprint density at radius 3 is 2.75 bits per heavy atom. The Morgan fingerprint density at radius 2 is 1.96 bits per heavy atom. The Kier molecular flexibility index (Phi) is 5.50. The van der Waals surface area contributed by atoms with Crippen LogP contribution in [0.2, 0.25) is 5.02 Å². The maximum Gasteiger partial charge on any atom is 0.230 e. The molecule has 2 aliphatic heterocycles. The number of rotatable bonds is 2. The first-order valence-electron chi connectivity index (χ1n) is 9.86. The van der Waals surface area contributed by atoms with Gasteiger partial charge >= 0.3 is 0 Å². The van der Waals surface area contributed by atoms with Gasteiger partial charge in [0.25, 0.3) is 0 Å². The zero-order valence-electron chi connectivity index (χ0n) is 15.8. The number of benzene rings is 1. The maximum absolute atomic E-state index is 13.3. The van der Waals surface area contributed by atoms with Gasteiger partial charge in [-0.25, -0.2) is 4.98 Å². The summed E-state index contributed by atoms with van der Waals surface area (Å²) in [5.41, 5.74) is 2.81. The van der Waals surface area contributed by atoms with Crippen LogP contribution in [0.4, 0.5) is 11.5 Å². The number of nitriles is 1. The van der Waals surface area contributed by atoms with Crippen molar-refractivity contribution in [3.8, 4) is 6.07 Å². The molecule has 0 radical (unpaired) electrons. The number of hydrogen-bond acceptors (Lipinski definition) is 4. The van der Waals surface area contributed by atoms with E-state index in [1.54, 1.807) is 12.3 Å². The van der Waals surface area contributed by atoms with E-state index in [1.807, 2.05) is 29.2 Å². The Bertz CT molecular complexity index is 915. The molecule has 3 heterocycles. The topological polar surface area (TPSA) is 60.2 Å². The van der Waals surface area contributed by atoms with Crippen LogP contribution in [-0.4, -0.2) is 30.5 Å². The van der Waals surface area contributed by atoms with Crippen molar-refractivity contribution >= 4 is 29.0 Å². The summed E-state index contributed by atoms with van der Waals surface area (Å²) < 4.78 is 0. The number of nitrogens with zero attached hydrogens (tertiary/aromatic N) is 4. The smallest absolute Gasteiger partial charge is 0.230 e. The van der Waals surface area contributed by atoms with Gasteiger partial charge in [-0.05, 0) is 68.0 Å². The second kappa shape index (κ2) is 8.20. The zero-order valence-corrected chi connectivity index (χ0v) is 16.5. The summed E-state index contributed by atoms with van der Waals surface area (Å²) in [4.78, 5) is 21.8. The molecule has 1 saturated heterocycles. The number of amides is 1. The number of anilines is 2. The molecule has 0 unspecified atom stereocenters. The van der Waals surface area contributed by atoms with Crippen LogP contribution in [0.5, 0.6) is 0 Å². The fourth-order valence-corrected chi connectivity index (χ4v) is 4.38. The second-order valence-electron chi connectivity index (χ2n) is 7.50. The van der Waals surface area contributed by atoms with Crippen LogP contribution in [0.25, 0.3) is 0 Å². The molecule has 6 heteroatoms. The molecule has 2 aromatic rings. The summed E-state index contributed by atoms with van der Waals surface area (Å²) in [6, 6.07) is 11.6. The predicted molar refractivity (Wildman–Crippen MR) is 111 cm³/mol. The van der Waals surface area contributed by atoms with Crippen LogP contribution in [0.15, 0.2) is 36.5 Å². The molecule has 0 spiro atoms. The summed E-state index contributed by atoms with van der Waals surface area (Å²) in [5, 5.41) is 9.82. The van der Waals surface area contributed by atoms with Crippen molar-refractivity contribution in [3.05, 3.63) is 52.7 Å². The number of fused-ring (bicyclic) bond motifs is 1. The largest absolute Gasteiger partial charge is 0.357 e. The summed E-state index contributed by atoms with van der Waals surface area (Å²) in [5.74, 6) is 1.07. The first kappa shape index (κ1) is 18.8. The average molecular weight is 395 g/mol. The van der Waals surface area contributed by atoms with Crippen LogP contribution in [0.3, 0.4) is 0 Å². The van der Waals surface area contributed by atoms with E-state index in [9.17, 15) is 4.79 Å². The molecule has 5 nitrogen and oxygen atoms in total. The normalized spacial score (nSPS) is 17.6. The summed E-state index contributed by atoms with van der Waals surface area (Å²) in [6.07, 6.45) is 6.34. The molecular weight excluding hydrogens is 372 g/mol. The molecule has 0 atom stereocenters. The standard InChI is InChI=1S/C22H23ClN4O/c23-19-4-5-20-18(14-19)3-1-2-10-27(20)22(28)17-7-11-26(12-8-17)21-13-16(15-24)6-9-25-21/h4-6,9,13-14,17H,1-3,7-8,10-12H2. The molecule has 0 bridgehead atoms. The lowest BCUT2D eigenvalue weighted by molar-refractivity contribution is -0.123. The zero-order chi connectivity index (χ0) is 19.5. The van der Waals surface area contributed by atoms with E-state index in [1.165, 1.54) is 5.56 Å². The van der Waals surface area contributed by atoms with Crippen LogP contribution in [-0.2, 0) is 11.2 Å². The van der Waals surface area contributed by atoms with Crippen LogP contribution in [0.1, 0.15) is 36.8 Å². The third-order valence-corrected chi connectivity index (χ3v) is 5.95. The van der Waals surface area contributed by atoms with Crippen molar-refractivity contribution < 1.29 is 4.79 Å².